The Bertz CT molecular complexity index is 413. The number of benzene rings is 1. The quantitative estimate of drug-likeness (QED) is 0.689. The number of carbonyl (C=O) groups is 1. The number of unbranched alkanes of at least 4 members (excludes halogenated alkanes) is 1. The average Bonchev–Trinajstić information content (AvgIpc) is 2.44. The molecule has 112 valence electrons. The average molecular weight is 299 g/mol. The summed E-state index contributed by atoms with van der Waals surface area (Å²) >= 11 is 5.55. The molecule has 1 aromatic rings. The van der Waals surface area contributed by atoms with Crippen molar-refractivity contribution in [2.24, 2.45) is 0 Å². The van der Waals surface area contributed by atoms with Gasteiger partial charge in [-0.15, -0.1) is 11.6 Å². The Labute approximate surface area is 125 Å². The van der Waals surface area contributed by atoms with Crippen molar-refractivity contribution in [2.45, 2.75) is 26.2 Å². The van der Waals surface area contributed by atoms with Crippen LogP contribution in [-0.2, 0) is 4.79 Å². The fourth-order valence-electron chi connectivity index (χ4n) is 1.93. The van der Waals surface area contributed by atoms with E-state index in [1.807, 2.05) is 24.3 Å². The molecule has 0 aliphatic heterocycles. The molecular formula is C15H23ClN2O2. The molecule has 0 heterocycles. The summed E-state index contributed by atoms with van der Waals surface area (Å²) in [4.78, 5) is 13.7. The molecule has 0 fully saturated rings. The third-order valence-corrected chi connectivity index (χ3v) is 3.16. The lowest BCUT2D eigenvalue weighted by molar-refractivity contribution is -0.115. The van der Waals surface area contributed by atoms with Crippen molar-refractivity contribution >= 4 is 28.9 Å². The van der Waals surface area contributed by atoms with Gasteiger partial charge in [0, 0.05) is 36.8 Å². The lowest BCUT2D eigenvalue weighted by Crippen LogP contribution is -2.27. The Balaban J connectivity index is 2.75. The minimum atomic E-state index is -0.0839. The molecule has 0 radical (unpaired) electrons. The molecule has 0 bridgehead atoms. The van der Waals surface area contributed by atoms with Crippen LogP contribution in [0.1, 0.15) is 26.2 Å². The van der Waals surface area contributed by atoms with Gasteiger partial charge in [0.1, 0.15) is 0 Å². The topological polar surface area (TPSA) is 52.6 Å². The molecule has 4 nitrogen and oxygen atoms in total. The number of aliphatic hydroxyl groups is 1. The van der Waals surface area contributed by atoms with Gasteiger partial charge in [-0.3, -0.25) is 4.79 Å². The predicted octanol–water partition coefficient (Wildman–Crippen LogP) is 2.85. The molecule has 0 aliphatic rings. The highest BCUT2D eigenvalue weighted by atomic mass is 35.5. The summed E-state index contributed by atoms with van der Waals surface area (Å²) < 4.78 is 0. The molecule has 0 saturated carbocycles. The first-order chi connectivity index (χ1) is 9.71. The second-order valence-electron chi connectivity index (χ2n) is 4.60. The molecule has 0 spiro atoms. The number of amides is 1. The van der Waals surface area contributed by atoms with Crippen LogP contribution >= 0.6 is 11.6 Å². The van der Waals surface area contributed by atoms with Gasteiger partial charge in [0.15, 0.2) is 0 Å². The van der Waals surface area contributed by atoms with Gasteiger partial charge in [0.05, 0.1) is 6.61 Å². The lowest BCUT2D eigenvalue weighted by atomic mass is 10.2. The van der Waals surface area contributed by atoms with Gasteiger partial charge in [0.25, 0.3) is 0 Å². The second kappa shape index (κ2) is 9.61. The lowest BCUT2D eigenvalue weighted by Gasteiger charge is -2.24. The summed E-state index contributed by atoms with van der Waals surface area (Å²) in [6, 6.07) is 7.68. The smallest absolute Gasteiger partial charge is 0.225 e. The molecule has 0 unspecified atom stereocenters. The summed E-state index contributed by atoms with van der Waals surface area (Å²) in [5, 5.41) is 12.0. The minimum absolute atomic E-state index is 0.0839. The van der Waals surface area contributed by atoms with Crippen LogP contribution in [0.2, 0.25) is 0 Å². The molecule has 5 heteroatoms. The van der Waals surface area contributed by atoms with Crippen LogP contribution in [0.15, 0.2) is 24.3 Å². The third-order valence-electron chi connectivity index (χ3n) is 2.97. The Hall–Kier alpha value is -1.26. The first kappa shape index (κ1) is 16.8. The Morgan fingerprint density at radius 3 is 2.85 bits per heavy atom. The first-order valence-corrected chi connectivity index (χ1v) is 7.56. The van der Waals surface area contributed by atoms with Crippen LogP contribution in [0, 0.1) is 0 Å². The first-order valence-electron chi connectivity index (χ1n) is 7.03. The van der Waals surface area contributed by atoms with Gasteiger partial charge >= 0.3 is 0 Å². The second-order valence-corrected chi connectivity index (χ2v) is 4.98. The fraction of sp³-hybridized carbons (Fsp3) is 0.533. The minimum Gasteiger partial charge on any atom is -0.395 e. The van der Waals surface area contributed by atoms with E-state index < -0.39 is 0 Å². The number of halogens is 1. The van der Waals surface area contributed by atoms with Crippen molar-refractivity contribution in [2.75, 3.05) is 35.8 Å². The maximum absolute atomic E-state index is 11.5. The Morgan fingerprint density at radius 1 is 1.40 bits per heavy atom. The van der Waals surface area contributed by atoms with Crippen molar-refractivity contribution in [1.29, 1.82) is 0 Å². The number of alkyl halides is 1. The summed E-state index contributed by atoms with van der Waals surface area (Å²) in [5.74, 6) is 0.234. The Kier molecular flexibility index (Phi) is 8.07. The van der Waals surface area contributed by atoms with Crippen LogP contribution in [0.4, 0.5) is 11.4 Å². The van der Waals surface area contributed by atoms with Crippen molar-refractivity contribution in [3.05, 3.63) is 24.3 Å². The maximum Gasteiger partial charge on any atom is 0.225 e. The van der Waals surface area contributed by atoms with Gasteiger partial charge in [-0.25, -0.2) is 0 Å². The monoisotopic (exact) mass is 298 g/mol. The van der Waals surface area contributed by atoms with E-state index in [1.54, 1.807) is 0 Å². The number of aliphatic hydroxyl groups excluding tert-OH is 1. The number of hydrogen-bond acceptors (Lipinski definition) is 3. The molecule has 0 saturated heterocycles. The predicted molar refractivity (Wildman–Crippen MR) is 84.6 cm³/mol. The molecule has 1 rings (SSSR count). The van der Waals surface area contributed by atoms with Gasteiger partial charge in [0.2, 0.25) is 5.91 Å². The number of nitrogens with zero attached hydrogens (tertiary/aromatic N) is 1. The number of carbonyl (C=O) groups excluding carboxylic acids is 1. The molecule has 0 aromatic heterocycles. The molecule has 0 aliphatic carbocycles. The van der Waals surface area contributed by atoms with Crippen LogP contribution in [0.3, 0.4) is 0 Å². The van der Waals surface area contributed by atoms with Gasteiger partial charge in [-0.2, -0.15) is 0 Å². The van der Waals surface area contributed by atoms with E-state index in [-0.39, 0.29) is 12.5 Å². The molecule has 1 aromatic carbocycles. The summed E-state index contributed by atoms with van der Waals surface area (Å²) in [5.41, 5.74) is 1.77. The van der Waals surface area contributed by atoms with E-state index in [2.05, 4.69) is 17.1 Å². The zero-order chi connectivity index (χ0) is 14.8. The number of anilines is 2. The van der Waals surface area contributed by atoms with Crippen LogP contribution < -0.4 is 10.2 Å². The zero-order valence-electron chi connectivity index (χ0n) is 11.9. The summed E-state index contributed by atoms with van der Waals surface area (Å²) in [6.07, 6.45) is 2.49. The molecule has 2 N–H and O–H groups in total. The zero-order valence-corrected chi connectivity index (χ0v) is 12.7. The number of rotatable bonds is 9. The van der Waals surface area contributed by atoms with Gasteiger partial charge in [-0.05, 0) is 24.6 Å². The molecule has 1 amide bonds. The SMILES string of the molecule is CCCCN(CCO)c1cccc(NC(=O)CCCl)c1. The molecule has 0 atom stereocenters. The highest BCUT2D eigenvalue weighted by Gasteiger charge is 2.07. The van der Waals surface area contributed by atoms with E-state index in [9.17, 15) is 4.79 Å². The maximum atomic E-state index is 11.5. The highest BCUT2D eigenvalue weighted by molar-refractivity contribution is 6.19. The third kappa shape index (κ3) is 5.80. The van der Waals surface area contributed by atoms with Crippen LogP contribution in [0.5, 0.6) is 0 Å². The summed E-state index contributed by atoms with van der Waals surface area (Å²) in [7, 11) is 0. The fourth-order valence-corrected chi connectivity index (χ4v) is 2.10. The van der Waals surface area contributed by atoms with E-state index >= 15 is 0 Å². The standard InChI is InChI=1S/C15H23ClN2O2/c1-2-3-9-18(10-11-19)14-6-4-5-13(12-14)17-15(20)7-8-16/h4-6,12,19H,2-3,7-11H2,1H3,(H,17,20). The number of nitrogens with one attached hydrogen (secondary N) is 1. The largest absolute Gasteiger partial charge is 0.395 e. The number of hydrogen-bond donors (Lipinski definition) is 2. The summed E-state index contributed by atoms with van der Waals surface area (Å²) in [6.45, 7) is 3.75. The van der Waals surface area contributed by atoms with Gasteiger partial charge in [-0.1, -0.05) is 19.4 Å². The van der Waals surface area contributed by atoms with E-state index in [0.29, 0.717) is 18.8 Å². The van der Waals surface area contributed by atoms with Crippen molar-refractivity contribution in [3.8, 4) is 0 Å². The van der Waals surface area contributed by atoms with Crippen molar-refractivity contribution in [3.63, 3.8) is 0 Å². The van der Waals surface area contributed by atoms with E-state index in [0.717, 1.165) is 30.8 Å². The van der Waals surface area contributed by atoms with Crippen molar-refractivity contribution in [1.82, 2.24) is 0 Å². The van der Waals surface area contributed by atoms with Crippen LogP contribution in [-0.4, -0.2) is 36.6 Å². The van der Waals surface area contributed by atoms with Crippen molar-refractivity contribution < 1.29 is 9.90 Å². The molecular weight excluding hydrogens is 276 g/mol. The normalized spacial score (nSPS) is 10.3. The van der Waals surface area contributed by atoms with E-state index in [1.165, 1.54) is 0 Å². The van der Waals surface area contributed by atoms with E-state index in [4.69, 9.17) is 16.7 Å². The van der Waals surface area contributed by atoms with Gasteiger partial charge < -0.3 is 15.3 Å². The Morgan fingerprint density at radius 2 is 2.20 bits per heavy atom. The molecule has 20 heavy (non-hydrogen) atoms. The highest BCUT2D eigenvalue weighted by Crippen LogP contribution is 2.20. The van der Waals surface area contributed by atoms with Crippen LogP contribution in [0.25, 0.3) is 0 Å².